The average molecular weight is 342 g/mol. The fourth-order valence-corrected chi connectivity index (χ4v) is 3.24. The standard InChI is InChI=1S/C20H26N2O3/c1-14(2)11-16-12-19(25-22-16)20(23)21-17-9-6-10-18(17)24-13-15-7-4-3-5-8-15/h3-5,7-8,12,14,17-18H,6,9-11,13H2,1-2H3,(H,21,23)/t17-,18-/m1/s1. The van der Waals surface area contributed by atoms with Gasteiger partial charge in [0.2, 0.25) is 5.76 Å². The first-order valence-electron chi connectivity index (χ1n) is 9.04. The smallest absolute Gasteiger partial charge is 0.290 e. The van der Waals surface area contributed by atoms with Crippen LogP contribution in [0, 0.1) is 5.92 Å². The normalized spacial score (nSPS) is 20.1. The number of carbonyl (C=O) groups is 1. The van der Waals surface area contributed by atoms with Crippen molar-refractivity contribution in [1.29, 1.82) is 0 Å². The molecule has 3 rings (SSSR count). The van der Waals surface area contributed by atoms with Crippen LogP contribution in [-0.2, 0) is 17.8 Å². The molecule has 0 spiro atoms. The molecule has 1 heterocycles. The van der Waals surface area contributed by atoms with Gasteiger partial charge in [-0.05, 0) is 37.2 Å². The molecular weight excluding hydrogens is 316 g/mol. The highest BCUT2D eigenvalue weighted by Gasteiger charge is 2.30. The van der Waals surface area contributed by atoms with Crippen molar-refractivity contribution in [3.63, 3.8) is 0 Å². The minimum absolute atomic E-state index is 0.0230. The van der Waals surface area contributed by atoms with E-state index in [9.17, 15) is 4.79 Å². The summed E-state index contributed by atoms with van der Waals surface area (Å²) in [6, 6.07) is 11.9. The van der Waals surface area contributed by atoms with Crippen LogP contribution in [0.2, 0.25) is 0 Å². The van der Waals surface area contributed by atoms with Gasteiger partial charge in [-0.25, -0.2) is 0 Å². The Morgan fingerprint density at radius 3 is 2.88 bits per heavy atom. The molecule has 0 radical (unpaired) electrons. The lowest BCUT2D eigenvalue weighted by Crippen LogP contribution is -2.41. The van der Waals surface area contributed by atoms with Crippen molar-refractivity contribution in [1.82, 2.24) is 10.5 Å². The van der Waals surface area contributed by atoms with E-state index in [1.807, 2.05) is 30.3 Å². The zero-order chi connectivity index (χ0) is 17.6. The molecule has 5 nitrogen and oxygen atoms in total. The lowest BCUT2D eigenvalue weighted by atomic mass is 10.1. The van der Waals surface area contributed by atoms with Crippen molar-refractivity contribution in [3.05, 3.63) is 53.4 Å². The van der Waals surface area contributed by atoms with Crippen LogP contribution in [0.5, 0.6) is 0 Å². The van der Waals surface area contributed by atoms with Crippen LogP contribution in [0.1, 0.15) is 54.9 Å². The molecular formula is C20H26N2O3. The van der Waals surface area contributed by atoms with Crippen molar-refractivity contribution in [3.8, 4) is 0 Å². The fraction of sp³-hybridized carbons (Fsp3) is 0.500. The van der Waals surface area contributed by atoms with Crippen LogP contribution in [-0.4, -0.2) is 23.2 Å². The number of nitrogens with zero attached hydrogens (tertiary/aromatic N) is 1. The number of ether oxygens (including phenoxy) is 1. The largest absolute Gasteiger partial charge is 0.371 e. The van der Waals surface area contributed by atoms with E-state index in [4.69, 9.17) is 9.26 Å². The van der Waals surface area contributed by atoms with Gasteiger partial charge in [-0.2, -0.15) is 0 Å². The fourth-order valence-electron chi connectivity index (χ4n) is 3.24. The molecule has 1 aliphatic rings. The Morgan fingerprint density at radius 1 is 1.32 bits per heavy atom. The van der Waals surface area contributed by atoms with Crippen molar-refractivity contribution < 1.29 is 14.1 Å². The number of hydrogen-bond acceptors (Lipinski definition) is 4. The third kappa shape index (κ3) is 4.92. The van der Waals surface area contributed by atoms with Gasteiger partial charge in [0.05, 0.1) is 24.4 Å². The first-order valence-corrected chi connectivity index (χ1v) is 9.04. The zero-order valence-electron chi connectivity index (χ0n) is 14.9. The van der Waals surface area contributed by atoms with Crippen molar-refractivity contribution in [2.24, 2.45) is 5.92 Å². The van der Waals surface area contributed by atoms with E-state index in [1.54, 1.807) is 6.07 Å². The summed E-state index contributed by atoms with van der Waals surface area (Å²) in [5.41, 5.74) is 1.97. The molecule has 0 saturated heterocycles. The highest BCUT2D eigenvalue weighted by atomic mass is 16.5. The highest BCUT2D eigenvalue weighted by molar-refractivity contribution is 5.91. The van der Waals surface area contributed by atoms with Crippen LogP contribution < -0.4 is 5.32 Å². The SMILES string of the molecule is CC(C)Cc1cc(C(=O)N[C@@H]2CCC[C@H]2OCc2ccccc2)on1. The van der Waals surface area contributed by atoms with Crippen LogP contribution in [0.3, 0.4) is 0 Å². The van der Waals surface area contributed by atoms with E-state index in [2.05, 4.69) is 24.3 Å². The van der Waals surface area contributed by atoms with Crippen LogP contribution >= 0.6 is 0 Å². The molecule has 1 aromatic heterocycles. The molecule has 0 bridgehead atoms. The van der Waals surface area contributed by atoms with E-state index in [0.717, 1.165) is 36.9 Å². The third-order valence-corrected chi connectivity index (χ3v) is 4.48. The predicted octanol–water partition coefficient (Wildman–Crippen LogP) is 3.74. The van der Waals surface area contributed by atoms with Gasteiger partial charge in [-0.3, -0.25) is 4.79 Å². The van der Waals surface area contributed by atoms with Gasteiger partial charge in [0.15, 0.2) is 0 Å². The van der Waals surface area contributed by atoms with Crippen LogP contribution in [0.25, 0.3) is 0 Å². The summed E-state index contributed by atoms with van der Waals surface area (Å²) in [5.74, 6) is 0.554. The minimum atomic E-state index is -0.206. The van der Waals surface area contributed by atoms with Crippen molar-refractivity contribution >= 4 is 5.91 Å². The summed E-state index contributed by atoms with van der Waals surface area (Å²) in [5, 5.41) is 7.03. The number of hydrogen-bond donors (Lipinski definition) is 1. The van der Waals surface area contributed by atoms with Gasteiger partial charge in [-0.1, -0.05) is 49.3 Å². The van der Waals surface area contributed by atoms with Crippen LogP contribution in [0.4, 0.5) is 0 Å². The Bertz CT molecular complexity index is 681. The van der Waals surface area contributed by atoms with Gasteiger partial charge in [0.25, 0.3) is 5.91 Å². The number of benzene rings is 1. The molecule has 2 atom stereocenters. The molecule has 0 unspecified atom stereocenters. The molecule has 1 aliphatic carbocycles. The Morgan fingerprint density at radius 2 is 2.12 bits per heavy atom. The predicted molar refractivity (Wildman–Crippen MR) is 95.2 cm³/mol. The Labute approximate surface area is 148 Å². The molecule has 1 aromatic carbocycles. The topological polar surface area (TPSA) is 64.4 Å². The Balaban J connectivity index is 1.53. The summed E-state index contributed by atoms with van der Waals surface area (Å²) in [4.78, 5) is 12.4. The summed E-state index contributed by atoms with van der Waals surface area (Å²) < 4.78 is 11.2. The van der Waals surface area contributed by atoms with Gasteiger partial charge in [0, 0.05) is 6.07 Å². The number of carbonyl (C=O) groups excluding carboxylic acids is 1. The maximum absolute atomic E-state index is 12.4. The van der Waals surface area contributed by atoms with Gasteiger partial charge < -0.3 is 14.6 Å². The Kier molecular flexibility index (Phi) is 5.87. The van der Waals surface area contributed by atoms with Gasteiger partial charge in [0.1, 0.15) is 0 Å². The summed E-state index contributed by atoms with van der Waals surface area (Å²) in [6.45, 7) is 4.79. The number of nitrogens with one attached hydrogen (secondary N) is 1. The second kappa shape index (κ2) is 8.30. The first kappa shape index (κ1) is 17.7. The summed E-state index contributed by atoms with van der Waals surface area (Å²) in [7, 11) is 0. The van der Waals surface area contributed by atoms with Gasteiger partial charge in [-0.15, -0.1) is 0 Å². The van der Waals surface area contributed by atoms with E-state index in [-0.39, 0.29) is 23.8 Å². The lowest BCUT2D eigenvalue weighted by molar-refractivity contribution is 0.0267. The number of rotatable bonds is 7. The van der Waals surface area contributed by atoms with E-state index >= 15 is 0 Å². The number of aromatic nitrogens is 1. The molecule has 5 heteroatoms. The van der Waals surface area contributed by atoms with E-state index < -0.39 is 0 Å². The Hall–Kier alpha value is -2.14. The molecule has 1 N–H and O–H groups in total. The van der Waals surface area contributed by atoms with Gasteiger partial charge >= 0.3 is 0 Å². The summed E-state index contributed by atoms with van der Waals surface area (Å²) >= 11 is 0. The number of amides is 1. The molecule has 2 aromatic rings. The minimum Gasteiger partial charge on any atom is -0.371 e. The molecule has 1 saturated carbocycles. The summed E-state index contributed by atoms with van der Waals surface area (Å²) in [6.07, 6.45) is 3.80. The second-order valence-electron chi connectivity index (χ2n) is 7.13. The lowest BCUT2D eigenvalue weighted by Gasteiger charge is -2.21. The third-order valence-electron chi connectivity index (χ3n) is 4.48. The quantitative estimate of drug-likeness (QED) is 0.832. The first-order chi connectivity index (χ1) is 12.1. The second-order valence-corrected chi connectivity index (χ2v) is 7.13. The monoisotopic (exact) mass is 342 g/mol. The maximum atomic E-state index is 12.4. The van der Waals surface area contributed by atoms with Crippen molar-refractivity contribution in [2.75, 3.05) is 0 Å². The van der Waals surface area contributed by atoms with Crippen molar-refractivity contribution in [2.45, 2.75) is 58.3 Å². The molecule has 25 heavy (non-hydrogen) atoms. The molecule has 1 amide bonds. The molecule has 1 fully saturated rings. The van der Waals surface area contributed by atoms with E-state index in [1.165, 1.54) is 0 Å². The van der Waals surface area contributed by atoms with E-state index in [0.29, 0.717) is 12.5 Å². The maximum Gasteiger partial charge on any atom is 0.290 e. The van der Waals surface area contributed by atoms with Crippen LogP contribution in [0.15, 0.2) is 40.9 Å². The molecule has 0 aliphatic heterocycles. The average Bonchev–Trinajstić information content (AvgIpc) is 3.23. The highest BCUT2D eigenvalue weighted by Crippen LogP contribution is 2.24. The zero-order valence-corrected chi connectivity index (χ0v) is 14.9. The molecule has 134 valence electrons.